The number of rotatable bonds is 27. The summed E-state index contributed by atoms with van der Waals surface area (Å²) in [4.78, 5) is 49.1. The zero-order valence-electron chi connectivity index (χ0n) is 81.1. The van der Waals surface area contributed by atoms with E-state index in [2.05, 4.69) is 65.1 Å². The molecule has 0 saturated heterocycles. The van der Waals surface area contributed by atoms with Gasteiger partial charge in [-0.1, -0.05) is 152 Å². The van der Waals surface area contributed by atoms with Crippen LogP contribution in [-0.4, -0.2) is 200 Å². The zero-order valence-corrected chi connectivity index (χ0v) is 90.7. The predicted molar refractivity (Wildman–Crippen MR) is 535 cm³/mol. The van der Waals surface area contributed by atoms with Crippen molar-refractivity contribution in [2.45, 2.75) is 151 Å². The van der Waals surface area contributed by atoms with Crippen LogP contribution in [0.25, 0.3) is 114 Å². The number of ether oxygens (including phenoxy) is 4. The molecule has 12 aromatic carbocycles. The van der Waals surface area contributed by atoms with Crippen LogP contribution in [0.2, 0.25) is 0 Å². The second-order valence-electron chi connectivity index (χ2n) is 31.8. The van der Waals surface area contributed by atoms with Crippen LogP contribution in [0.15, 0.2) is 315 Å². The maximum atomic E-state index is 12.6. The minimum atomic E-state index is -0.415. The summed E-state index contributed by atoms with van der Waals surface area (Å²) in [6.45, 7) is 19.6. The molecule has 4 aromatic heterocycles. The molecule has 8 N–H and O–H groups in total. The van der Waals surface area contributed by atoms with E-state index in [0.717, 1.165) is 61.7 Å². The predicted octanol–water partition coefficient (Wildman–Crippen LogP) is 18.5. The summed E-state index contributed by atoms with van der Waals surface area (Å²) in [5, 5.41) is 104. The van der Waals surface area contributed by atoms with Crippen LogP contribution in [0.1, 0.15) is 143 Å². The molecular weight excluding hydrogens is 2530 g/mol. The van der Waals surface area contributed by atoms with Crippen molar-refractivity contribution in [3.05, 3.63) is 362 Å². The molecule has 0 aliphatic heterocycles. The number of benzene rings is 12. The Morgan fingerprint density at radius 3 is 0.797 bits per heavy atom. The van der Waals surface area contributed by atoms with E-state index in [9.17, 15) is 19.2 Å². The molecule has 16 aromatic rings. The third-order valence-corrected chi connectivity index (χ3v) is 19.8. The molecule has 8 unspecified atom stereocenters. The number of aliphatic hydroxyl groups is 8. The largest absolute Gasteiger partial charge is 0.465 e. The third-order valence-electron chi connectivity index (χ3n) is 19.8. The van der Waals surface area contributed by atoms with Gasteiger partial charge < -0.3 is 78.1 Å². The average Bonchev–Trinajstić information content (AvgIpc) is 1.65. The van der Waals surface area contributed by atoms with Crippen LogP contribution in [0, 0.1) is 24.3 Å². The van der Waals surface area contributed by atoms with Crippen molar-refractivity contribution < 1.29 is 159 Å². The van der Waals surface area contributed by atoms with Gasteiger partial charge in [0.1, 0.15) is 0 Å². The third kappa shape index (κ3) is 37.6. The molecule has 16 rings (SSSR count). The van der Waals surface area contributed by atoms with Crippen molar-refractivity contribution in [1.82, 2.24) is 59.1 Å². The number of nitrogens with zero attached hydrogens (tertiary/aromatic N) is 12. The number of esters is 4. The van der Waals surface area contributed by atoms with Gasteiger partial charge >= 0.3 is 23.9 Å². The molecule has 0 aliphatic rings. The fraction of sp³-hybridized carbons (Fsp3) is 0.243. The number of carbonyl (C=O) groups is 4. The second kappa shape index (κ2) is 64.1. The molecule has 0 bridgehead atoms. The van der Waals surface area contributed by atoms with Crippen LogP contribution in [0.3, 0.4) is 0 Å². The number of aromatic nitrogens is 12. The first-order valence-corrected chi connectivity index (χ1v) is 45.5. The van der Waals surface area contributed by atoms with Gasteiger partial charge in [-0.15, -0.1) is 164 Å². The minimum absolute atomic E-state index is 0. The quantitative estimate of drug-likeness (QED) is 0.0135. The first kappa shape index (κ1) is 121. The van der Waals surface area contributed by atoms with E-state index in [1.165, 1.54) is 7.11 Å². The van der Waals surface area contributed by atoms with E-state index in [0.29, 0.717) is 120 Å². The standard InChI is InChI=1S/3C23H18N3O2.C22H16N3O2.4C5H12O2.4Ir/c1-2-28-23(27)19-15-9-10-16-20(19)26-21(17-11-5-3-6-12-17)24-25-22(26)18-13-7-4-8-14-18;1-2-28-23(27)19-14-9-15-20(16-19)26-21(17-10-5-3-6-11-17)24-25-22(26)18-12-7-4-8-13-18;1-2-28-23(27)19-13-15-20(16-14-19)26-21(17-9-5-3-6-10-17)24-25-22(26)18-11-7-4-8-12-18;1-27-22(26)18-14-8-9-15-19(18)25-20(16-10-4-2-5-11-16)23-24-21(25)17-12-6-3-7-13-17;4*1-4(6)3-5(2)7;;;;/h3-13,15-16H,2H2,1H3;3-12,14-16H,2H2,1H3;3-11,13-16H,2H2,1H3;2-12,14-15H,1H3;4*4-7H,3H2,1-2H3;;;;/q4*-1;;;;;;;;. The summed E-state index contributed by atoms with van der Waals surface area (Å²) >= 11 is 0. The zero-order chi connectivity index (χ0) is 100. The van der Waals surface area contributed by atoms with Gasteiger partial charge in [0.2, 0.25) is 0 Å². The second-order valence-corrected chi connectivity index (χ2v) is 31.8. The van der Waals surface area contributed by atoms with Crippen molar-refractivity contribution in [1.29, 1.82) is 0 Å². The Hall–Kier alpha value is -12.6. The number of hydrogen-bond acceptors (Lipinski definition) is 24. The Balaban J connectivity index is 0.000000305. The average molecular weight is 2650 g/mol. The summed E-state index contributed by atoms with van der Waals surface area (Å²) in [5.41, 5.74) is 11.7. The van der Waals surface area contributed by atoms with Crippen LogP contribution in [-0.2, 0) is 99.4 Å². The van der Waals surface area contributed by atoms with Crippen molar-refractivity contribution in [3.63, 3.8) is 0 Å². The molecule has 0 spiro atoms. The number of para-hydroxylation sites is 2. The van der Waals surface area contributed by atoms with E-state index >= 15 is 0 Å². The van der Waals surface area contributed by atoms with Gasteiger partial charge in [-0.05, 0) is 169 Å². The molecule has 758 valence electrons. The summed E-state index contributed by atoms with van der Waals surface area (Å²) in [7, 11) is 1.37. The Bertz CT molecular complexity index is 6040. The van der Waals surface area contributed by atoms with Crippen LogP contribution < -0.4 is 0 Å². The van der Waals surface area contributed by atoms with E-state index in [4.69, 9.17) is 59.8 Å². The van der Waals surface area contributed by atoms with Crippen LogP contribution in [0.4, 0.5) is 0 Å². The molecular formula is C111H118Ir4N12O16-4. The Labute approximate surface area is 888 Å². The Morgan fingerprint density at radius 2 is 0.517 bits per heavy atom. The van der Waals surface area contributed by atoms with Crippen molar-refractivity contribution in [2.24, 2.45) is 0 Å². The monoisotopic (exact) mass is 2650 g/mol. The molecule has 0 fully saturated rings. The molecule has 4 radical (unpaired) electrons. The van der Waals surface area contributed by atoms with E-state index in [1.54, 1.807) is 119 Å². The number of carbonyl (C=O) groups excluding carboxylic acids is 4. The fourth-order valence-electron chi connectivity index (χ4n) is 13.9. The first-order chi connectivity index (χ1) is 67.1. The van der Waals surface area contributed by atoms with Crippen molar-refractivity contribution in [3.8, 4) is 114 Å². The van der Waals surface area contributed by atoms with Gasteiger partial charge in [-0.2, -0.15) is 20.4 Å². The fourth-order valence-corrected chi connectivity index (χ4v) is 13.9. The molecule has 0 amide bonds. The normalized spacial score (nSPS) is 11.9. The van der Waals surface area contributed by atoms with Gasteiger partial charge in [0.15, 0.2) is 23.3 Å². The van der Waals surface area contributed by atoms with Crippen LogP contribution in [0.5, 0.6) is 0 Å². The Morgan fingerprint density at radius 1 is 0.266 bits per heavy atom. The summed E-state index contributed by atoms with van der Waals surface area (Å²) < 4.78 is 28.1. The maximum absolute atomic E-state index is 12.6. The molecule has 143 heavy (non-hydrogen) atoms. The van der Waals surface area contributed by atoms with Crippen molar-refractivity contribution in [2.75, 3.05) is 26.9 Å². The molecule has 28 nitrogen and oxygen atoms in total. The first-order valence-electron chi connectivity index (χ1n) is 45.5. The summed E-state index contributed by atoms with van der Waals surface area (Å²) in [6, 6.07) is 111. The molecule has 8 atom stereocenters. The smallest absolute Gasteiger partial charge is 0.340 e. The van der Waals surface area contributed by atoms with Gasteiger partial charge in [-0.25, -0.2) is 19.2 Å². The van der Waals surface area contributed by atoms with E-state index < -0.39 is 5.97 Å². The number of hydrogen-bond donors (Lipinski definition) is 8. The van der Waals surface area contributed by atoms with Crippen LogP contribution >= 0.6 is 0 Å². The summed E-state index contributed by atoms with van der Waals surface area (Å²) in [5.74, 6) is 3.75. The summed E-state index contributed by atoms with van der Waals surface area (Å²) in [6.07, 6.45) is -1.11. The van der Waals surface area contributed by atoms with E-state index in [-0.39, 0.29) is 147 Å². The van der Waals surface area contributed by atoms with Gasteiger partial charge in [-0.3, -0.25) is 0 Å². The Kier molecular flexibility index (Phi) is 54.2. The number of aliphatic hydroxyl groups excluding tert-OH is 8. The van der Waals surface area contributed by atoms with Crippen molar-refractivity contribution >= 4 is 23.9 Å². The molecule has 0 aliphatic carbocycles. The van der Waals surface area contributed by atoms with Gasteiger partial charge in [0, 0.05) is 114 Å². The van der Waals surface area contributed by atoms with E-state index in [1.807, 2.05) is 291 Å². The van der Waals surface area contributed by atoms with Gasteiger partial charge in [0.05, 0.1) is 133 Å². The minimum Gasteiger partial charge on any atom is -0.465 e. The topological polar surface area (TPSA) is 390 Å². The van der Waals surface area contributed by atoms with Gasteiger partial charge in [0.25, 0.3) is 0 Å². The molecule has 4 heterocycles. The SMILES string of the molecule is CC(O)CC(C)O.CC(O)CC(C)O.CC(O)CC(C)O.CC(O)CC(C)O.CCOC(=O)c1ccc(-n2c(-c3[c-]cccc3)nnc2-c2ccccc2)cc1.CCOC(=O)c1cccc(-n2c(-c3[c-]cccc3)nnc2-c2ccccc2)c1.CCOC(=O)c1ccccc1-n1c(-c2[c-]cccc2)nnc1-c1ccccc1.COC(=O)c1ccccc1-n1c(-c2[c-]cccc2)nnc1-c1ccccc1.[Ir].[Ir].[Ir].[Ir]. The maximum Gasteiger partial charge on any atom is 0.340 e. The molecule has 0 saturated carbocycles. The molecule has 32 heteroatoms. The number of methoxy groups -OCH3 is 1.